The van der Waals surface area contributed by atoms with Crippen molar-refractivity contribution in [2.24, 2.45) is 0 Å². The highest BCUT2D eigenvalue weighted by atomic mass is 32.2. The van der Waals surface area contributed by atoms with Crippen molar-refractivity contribution >= 4 is 15.9 Å². The molecule has 1 atom stereocenters. The molecule has 3 aromatic rings. The predicted molar refractivity (Wildman–Crippen MR) is 107 cm³/mol. The first-order valence-electron chi connectivity index (χ1n) is 8.74. The molecule has 6 heteroatoms. The standard InChI is InChI=1S/C22H20O5S/c23-21-14-8-7-13-19(21)22(24)20(18-11-5-2-6-12-18)15-27-28(25,26)16-17-9-3-1-4-10-17/h1-14,20,23H,15-16H2. The molecule has 0 aliphatic carbocycles. The highest BCUT2D eigenvalue weighted by Crippen LogP contribution is 2.27. The van der Waals surface area contributed by atoms with E-state index in [4.69, 9.17) is 4.18 Å². The fourth-order valence-electron chi connectivity index (χ4n) is 2.87. The predicted octanol–water partition coefficient (Wildman–Crippen LogP) is 3.91. The van der Waals surface area contributed by atoms with E-state index >= 15 is 0 Å². The lowest BCUT2D eigenvalue weighted by atomic mass is 9.91. The number of phenols is 1. The maximum atomic E-state index is 13.0. The summed E-state index contributed by atoms with van der Waals surface area (Å²) < 4.78 is 30.0. The third-order valence-corrected chi connectivity index (χ3v) is 5.47. The normalized spacial score (nSPS) is 12.4. The van der Waals surface area contributed by atoms with Gasteiger partial charge in [0.05, 0.1) is 18.1 Å². The van der Waals surface area contributed by atoms with Gasteiger partial charge < -0.3 is 5.11 Å². The van der Waals surface area contributed by atoms with Crippen LogP contribution in [0.1, 0.15) is 27.4 Å². The maximum absolute atomic E-state index is 13.0. The molecule has 3 aromatic carbocycles. The molecule has 5 nitrogen and oxygen atoms in total. The molecule has 0 saturated heterocycles. The topological polar surface area (TPSA) is 80.7 Å². The van der Waals surface area contributed by atoms with Crippen LogP contribution < -0.4 is 0 Å². The van der Waals surface area contributed by atoms with Crippen LogP contribution in [0.25, 0.3) is 0 Å². The van der Waals surface area contributed by atoms with Gasteiger partial charge in [-0.25, -0.2) is 0 Å². The molecule has 0 amide bonds. The summed E-state index contributed by atoms with van der Waals surface area (Å²) in [4.78, 5) is 13.0. The second-order valence-corrected chi connectivity index (χ2v) is 7.96. The van der Waals surface area contributed by atoms with Gasteiger partial charge in [-0.3, -0.25) is 8.98 Å². The van der Waals surface area contributed by atoms with E-state index in [1.165, 1.54) is 12.1 Å². The Kier molecular flexibility index (Phi) is 6.23. The van der Waals surface area contributed by atoms with Gasteiger partial charge >= 0.3 is 0 Å². The lowest BCUT2D eigenvalue weighted by Gasteiger charge is -2.17. The van der Waals surface area contributed by atoms with Gasteiger partial charge in [0.25, 0.3) is 10.1 Å². The van der Waals surface area contributed by atoms with Crippen LogP contribution >= 0.6 is 0 Å². The number of ketones is 1. The Hall–Kier alpha value is -2.96. The van der Waals surface area contributed by atoms with E-state index in [0.29, 0.717) is 11.1 Å². The molecule has 0 radical (unpaired) electrons. The molecule has 0 heterocycles. The third kappa shape index (κ3) is 5.06. The zero-order chi connectivity index (χ0) is 20.0. The van der Waals surface area contributed by atoms with Crippen molar-refractivity contribution < 1.29 is 22.5 Å². The Balaban J connectivity index is 1.82. The number of Topliss-reactive ketones (excluding diaryl/α,β-unsaturated/α-hetero) is 1. The second kappa shape index (κ2) is 8.82. The molecule has 0 saturated carbocycles. The maximum Gasteiger partial charge on any atom is 0.271 e. The fourth-order valence-corrected chi connectivity index (χ4v) is 3.90. The van der Waals surface area contributed by atoms with Gasteiger partial charge in [0.15, 0.2) is 5.78 Å². The molecule has 0 aliphatic rings. The molecular formula is C22H20O5S. The first-order chi connectivity index (χ1) is 13.5. The number of rotatable bonds is 8. The van der Waals surface area contributed by atoms with Gasteiger partial charge in [-0.1, -0.05) is 72.8 Å². The first kappa shape index (κ1) is 19.8. The van der Waals surface area contributed by atoms with Crippen LogP contribution in [0.5, 0.6) is 5.75 Å². The zero-order valence-corrected chi connectivity index (χ0v) is 15.9. The molecule has 0 aromatic heterocycles. The minimum atomic E-state index is -3.88. The number of hydrogen-bond acceptors (Lipinski definition) is 5. The quantitative estimate of drug-likeness (QED) is 0.461. The summed E-state index contributed by atoms with van der Waals surface area (Å²) >= 11 is 0. The van der Waals surface area contributed by atoms with Crippen LogP contribution in [0, 0.1) is 0 Å². The number of phenolic OH excluding ortho intramolecular Hbond substituents is 1. The summed E-state index contributed by atoms with van der Waals surface area (Å²) in [5.74, 6) is -1.69. The van der Waals surface area contributed by atoms with Crippen LogP contribution in [0.2, 0.25) is 0 Å². The van der Waals surface area contributed by atoms with Gasteiger partial charge in [-0.15, -0.1) is 0 Å². The van der Waals surface area contributed by atoms with E-state index in [2.05, 4.69) is 0 Å². The number of hydrogen-bond donors (Lipinski definition) is 1. The Morgan fingerprint density at radius 2 is 1.43 bits per heavy atom. The number of benzene rings is 3. The Bertz CT molecular complexity index is 1030. The molecule has 1 unspecified atom stereocenters. The molecule has 0 spiro atoms. The minimum Gasteiger partial charge on any atom is -0.507 e. The number of aromatic hydroxyl groups is 1. The van der Waals surface area contributed by atoms with E-state index < -0.39 is 21.8 Å². The summed E-state index contributed by atoms with van der Waals surface area (Å²) in [7, 11) is -3.88. The first-order valence-corrected chi connectivity index (χ1v) is 10.3. The van der Waals surface area contributed by atoms with Crippen molar-refractivity contribution in [3.63, 3.8) is 0 Å². The van der Waals surface area contributed by atoms with Gasteiger partial charge in [0, 0.05) is 0 Å². The fraction of sp³-hybridized carbons (Fsp3) is 0.136. The molecule has 3 rings (SSSR count). The summed E-state index contributed by atoms with van der Waals surface area (Å²) in [6.45, 7) is -0.341. The van der Waals surface area contributed by atoms with Gasteiger partial charge in [0.2, 0.25) is 0 Å². The van der Waals surface area contributed by atoms with Crippen LogP contribution in [0.3, 0.4) is 0 Å². The highest BCUT2D eigenvalue weighted by Gasteiger charge is 2.27. The van der Waals surface area contributed by atoms with Crippen LogP contribution in [-0.2, 0) is 20.1 Å². The summed E-state index contributed by atoms with van der Waals surface area (Å²) in [6.07, 6.45) is 0. The average Bonchev–Trinajstić information content (AvgIpc) is 2.69. The number of para-hydroxylation sites is 1. The van der Waals surface area contributed by atoms with Crippen molar-refractivity contribution in [1.82, 2.24) is 0 Å². The third-order valence-electron chi connectivity index (χ3n) is 4.29. The zero-order valence-electron chi connectivity index (χ0n) is 15.1. The average molecular weight is 396 g/mol. The molecular weight excluding hydrogens is 376 g/mol. The van der Waals surface area contributed by atoms with Crippen LogP contribution in [0.4, 0.5) is 0 Å². The molecule has 0 aliphatic heterocycles. The van der Waals surface area contributed by atoms with Crippen molar-refractivity contribution in [2.45, 2.75) is 11.7 Å². The second-order valence-electron chi connectivity index (χ2n) is 6.32. The van der Waals surface area contributed by atoms with Crippen LogP contribution in [0.15, 0.2) is 84.9 Å². The van der Waals surface area contributed by atoms with E-state index in [0.717, 1.165) is 0 Å². The van der Waals surface area contributed by atoms with Gasteiger partial charge in [0.1, 0.15) is 11.5 Å². The molecule has 0 fully saturated rings. The molecule has 1 N–H and O–H groups in total. The molecule has 0 bridgehead atoms. The SMILES string of the molecule is O=C(c1ccccc1O)C(COS(=O)(=O)Cc1ccccc1)c1ccccc1. The van der Waals surface area contributed by atoms with E-state index in [1.807, 2.05) is 0 Å². The van der Waals surface area contributed by atoms with Gasteiger partial charge in [-0.2, -0.15) is 8.42 Å². The molecule has 144 valence electrons. The monoisotopic (exact) mass is 396 g/mol. The summed E-state index contributed by atoms with van der Waals surface area (Å²) in [5.41, 5.74) is 1.34. The van der Waals surface area contributed by atoms with Crippen molar-refractivity contribution in [3.8, 4) is 5.75 Å². The van der Waals surface area contributed by atoms with Crippen molar-refractivity contribution in [2.75, 3.05) is 6.61 Å². The number of carbonyl (C=O) groups is 1. The Morgan fingerprint density at radius 3 is 2.07 bits per heavy atom. The van der Waals surface area contributed by atoms with Crippen molar-refractivity contribution in [1.29, 1.82) is 0 Å². The lowest BCUT2D eigenvalue weighted by molar-refractivity contribution is 0.0930. The van der Waals surface area contributed by atoms with E-state index in [9.17, 15) is 18.3 Å². The van der Waals surface area contributed by atoms with Crippen LogP contribution in [-0.4, -0.2) is 25.9 Å². The van der Waals surface area contributed by atoms with Gasteiger partial charge in [-0.05, 0) is 23.3 Å². The number of carbonyl (C=O) groups excluding carboxylic acids is 1. The van der Waals surface area contributed by atoms with E-state index in [1.54, 1.807) is 72.8 Å². The summed E-state index contributed by atoms with van der Waals surface area (Å²) in [5, 5.41) is 10.0. The van der Waals surface area contributed by atoms with Crippen molar-refractivity contribution in [3.05, 3.63) is 102 Å². The smallest absolute Gasteiger partial charge is 0.271 e. The van der Waals surface area contributed by atoms with E-state index in [-0.39, 0.29) is 23.7 Å². The Morgan fingerprint density at radius 1 is 0.857 bits per heavy atom. The minimum absolute atomic E-state index is 0.125. The largest absolute Gasteiger partial charge is 0.507 e. The lowest BCUT2D eigenvalue weighted by Crippen LogP contribution is -2.21. The molecule has 28 heavy (non-hydrogen) atoms. The highest BCUT2D eigenvalue weighted by molar-refractivity contribution is 7.85. The summed E-state index contributed by atoms with van der Waals surface area (Å²) in [6, 6.07) is 23.7. The Labute approximate surface area is 164 Å².